The number of amides is 1. The van der Waals surface area contributed by atoms with Gasteiger partial charge in [-0.15, -0.1) is 23.1 Å². The highest BCUT2D eigenvalue weighted by Crippen LogP contribution is 2.42. The van der Waals surface area contributed by atoms with E-state index in [0.29, 0.717) is 24.5 Å². The Kier molecular flexibility index (Phi) is 5.36. The fourth-order valence-corrected chi connectivity index (χ4v) is 5.23. The van der Waals surface area contributed by atoms with Gasteiger partial charge in [0.15, 0.2) is 11.5 Å². The summed E-state index contributed by atoms with van der Waals surface area (Å²) in [6.07, 6.45) is 0.581. The van der Waals surface area contributed by atoms with Crippen LogP contribution in [0.5, 0.6) is 11.5 Å². The predicted octanol–water partition coefficient (Wildman–Crippen LogP) is 4.24. The molecule has 2 heterocycles. The van der Waals surface area contributed by atoms with Crippen LogP contribution in [0.1, 0.15) is 27.1 Å². The fraction of sp³-hybridized carbons (Fsp3) is 0.389. The zero-order valence-corrected chi connectivity index (χ0v) is 15.7. The van der Waals surface area contributed by atoms with Gasteiger partial charge in [0, 0.05) is 27.5 Å². The van der Waals surface area contributed by atoms with Crippen LogP contribution in [0.3, 0.4) is 0 Å². The molecule has 1 aliphatic heterocycles. The maximum atomic E-state index is 12.6. The Balaban J connectivity index is 1.92. The molecular weight excluding hydrogens is 342 g/mol. The standard InChI is InChI=1S/C18H21NO3S2/c1-12-7-8-15(24-12)18-19(16(20)9-10-23-18)11-13-5-4-6-14(21-2)17(13)22-3/h4-8,18H,9-11H2,1-3H3. The molecule has 128 valence electrons. The van der Waals surface area contributed by atoms with E-state index >= 15 is 0 Å². The average Bonchev–Trinajstić information content (AvgIpc) is 3.02. The second kappa shape index (κ2) is 7.49. The van der Waals surface area contributed by atoms with E-state index in [9.17, 15) is 4.79 Å². The monoisotopic (exact) mass is 363 g/mol. The SMILES string of the molecule is COc1cccc(CN2C(=O)CCSC2c2ccc(C)s2)c1OC. The zero-order chi connectivity index (χ0) is 17.1. The number of benzene rings is 1. The number of ether oxygens (including phenoxy) is 2. The Labute approximate surface area is 150 Å². The quantitative estimate of drug-likeness (QED) is 0.796. The summed E-state index contributed by atoms with van der Waals surface area (Å²) in [4.78, 5) is 17.0. The van der Waals surface area contributed by atoms with Gasteiger partial charge < -0.3 is 14.4 Å². The van der Waals surface area contributed by atoms with Gasteiger partial charge in [-0.1, -0.05) is 12.1 Å². The zero-order valence-electron chi connectivity index (χ0n) is 14.1. The Hall–Kier alpha value is -1.66. The third-order valence-electron chi connectivity index (χ3n) is 4.02. The number of thioether (sulfide) groups is 1. The number of methoxy groups -OCH3 is 2. The highest BCUT2D eigenvalue weighted by Gasteiger charge is 2.31. The summed E-state index contributed by atoms with van der Waals surface area (Å²) in [5.41, 5.74) is 0.964. The third-order valence-corrected chi connectivity index (χ3v) is 6.49. The lowest BCUT2D eigenvalue weighted by molar-refractivity contribution is -0.132. The average molecular weight is 364 g/mol. The lowest BCUT2D eigenvalue weighted by atomic mass is 10.1. The van der Waals surface area contributed by atoms with Crippen molar-refractivity contribution in [2.24, 2.45) is 0 Å². The molecule has 1 saturated heterocycles. The van der Waals surface area contributed by atoms with Crippen LogP contribution in [-0.2, 0) is 11.3 Å². The summed E-state index contributed by atoms with van der Waals surface area (Å²) in [5, 5.41) is 0.0702. The van der Waals surface area contributed by atoms with E-state index in [2.05, 4.69) is 19.1 Å². The number of aryl methyl sites for hydroxylation is 1. The van der Waals surface area contributed by atoms with Crippen LogP contribution >= 0.6 is 23.1 Å². The van der Waals surface area contributed by atoms with E-state index in [1.165, 1.54) is 9.75 Å². The van der Waals surface area contributed by atoms with Crippen LogP contribution in [0, 0.1) is 6.92 Å². The first-order valence-corrected chi connectivity index (χ1v) is 9.68. The number of nitrogens with zero attached hydrogens (tertiary/aromatic N) is 1. The summed E-state index contributed by atoms with van der Waals surface area (Å²) in [6.45, 7) is 2.62. The minimum absolute atomic E-state index is 0.0702. The molecule has 0 N–H and O–H groups in total. The predicted molar refractivity (Wildman–Crippen MR) is 99.0 cm³/mol. The van der Waals surface area contributed by atoms with Crippen molar-refractivity contribution in [3.05, 3.63) is 45.6 Å². The lowest BCUT2D eigenvalue weighted by Crippen LogP contribution is -2.36. The van der Waals surface area contributed by atoms with Crippen LogP contribution in [0.4, 0.5) is 0 Å². The van der Waals surface area contributed by atoms with Gasteiger partial charge >= 0.3 is 0 Å². The number of para-hydroxylation sites is 1. The number of hydrogen-bond donors (Lipinski definition) is 0. The first-order chi connectivity index (χ1) is 11.6. The fourth-order valence-electron chi connectivity index (χ4n) is 2.88. The van der Waals surface area contributed by atoms with Gasteiger partial charge in [0.1, 0.15) is 5.37 Å². The summed E-state index contributed by atoms with van der Waals surface area (Å²) in [5.74, 6) is 2.45. The molecule has 0 bridgehead atoms. The topological polar surface area (TPSA) is 38.8 Å². The van der Waals surface area contributed by atoms with Gasteiger partial charge in [-0.05, 0) is 25.1 Å². The van der Waals surface area contributed by atoms with Crippen molar-refractivity contribution in [2.75, 3.05) is 20.0 Å². The van der Waals surface area contributed by atoms with Gasteiger partial charge in [-0.25, -0.2) is 0 Å². The largest absolute Gasteiger partial charge is 0.493 e. The van der Waals surface area contributed by atoms with Gasteiger partial charge in [-0.3, -0.25) is 4.79 Å². The maximum Gasteiger partial charge on any atom is 0.224 e. The van der Waals surface area contributed by atoms with Crippen molar-refractivity contribution in [1.82, 2.24) is 4.90 Å². The van der Waals surface area contributed by atoms with E-state index < -0.39 is 0 Å². The Morgan fingerprint density at radius 3 is 2.71 bits per heavy atom. The first-order valence-electron chi connectivity index (χ1n) is 7.81. The van der Waals surface area contributed by atoms with Gasteiger partial charge in [0.25, 0.3) is 0 Å². The molecule has 1 aliphatic rings. The summed E-state index contributed by atoms with van der Waals surface area (Å²) < 4.78 is 10.9. The van der Waals surface area contributed by atoms with Gasteiger partial charge in [0.05, 0.1) is 20.8 Å². The molecule has 3 rings (SSSR count). The molecule has 24 heavy (non-hydrogen) atoms. The molecule has 6 heteroatoms. The van der Waals surface area contributed by atoms with E-state index in [0.717, 1.165) is 11.3 Å². The molecule has 1 amide bonds. The molecule has 1 fully saturated rings. The van der Waals surface area contributed by atoms with Crippen LogP contribution in [0.15, 0.2) is 30.3 Å². The summed E-state index contributed by atoms with van der Waals surface area (Å²) in [6, 6.07) is 10.0. The molecule has 0 radical (unpaired) electrons. The first kappa shape index (κ1) is 17.2. The molecule has 0 spiro atoms. The third kappa shape index (κ3) is 3.39. The van der Waals surface area contributed by atoms with Gasteiger partial charge in [0.2, 0.25) is 5.91 Å². The molecule has 1 aromatic carbocycles. The van der Waals surface area contributed by atoms with Crippen LogP contribution < -0.4 is 9.47 Å². The number of hydrogen-bond acceptors (Lipinski definition) is 5. The molecule has 2 aromatic rings. The number of carbonyl (C=O) groups excluding carboxylic acids is 1. The Morgan fingerprint density at radius 2 is 2.04 bits per heavy atom. The van der Waals surface area contributed by atoms with E-state index in [1.54, 1.807) is 25.6 Å². The Morgan fingerprint density at radius 1 is 1.21 bits per heavy atom. The van der Waals surface area contributed by atoms with Crippen molar-refractivity contribution in [3.8, 4) is 11.5 Å². The molecular formula is C18H21NO3S2. The van der Waals surface area contributed by atoms with Crippen LogP contribution in [0.2, 0.25) is 0 Å². The molecule has 1 aromatic heterocycles. The minimum atomic E-state index is 0.0702. The van der Waals surface area contributed by atoms with Crippen LogP contribution in [-0.4, -0.2) is 30.8 Å². The van der Waals surface area contributed by atoms with E-state index in [-0.39, 0.29) is 11.3 Å². The summed E-state index contributed by atoms with van der Waals surface area (Å²) in [7, 11) is 3.26. The molecule has 0 saturated carbocycles. The normalized spacial score (nSPS) is 17.9. The number of rotatable bonds is 5. The molecule has 0 aliphatic carbocycles. The van der Waals surface area contributed by atoms with Crippen molar-refractivity contribution in [2.45, 2.75) is 25.3 Å². The highest BCUT2D eigenvalue weighted by molar-refractivity contribution is 7.99. The summed E-state index contributed by atoms with van der Waals surface area (Å²) >= 11 is 3.59. The van der Waals surface area contributed by atoms with Crippen molar-refractivity contribution in [1.29, 1.82) is 0 Å². The second-order valence-electron chi connectivity index (χ2n) is 5.60. The minimum Gasteiger partial charge on any atom is -0.493 e. The number of carbonyl (C=O) groups is 1. The number of thiophene rings is 1. The van der Waals surface area contributed by atoms with Crippen LogP contribution in [0.25, 0.3) is 0 Å². The Bertz CT molecular complexity index is 729. The smallest absolute Gasteiger partial charge is 0.224 e. The van der Waals surface area contributed by atoms with Crippen molar-refractivity contribution < 1.29 is 14.3 Å². The van der Waals surface area contributed by atoms with Crippen molar-refractivity contribution in [3.63, 3.8) is 0 Å². The molecule has 1 unspecified atom stereocenters. The molecule has 4 nitrogen and oxygen atoms in total. The maximum absolute atomic E-state index is 12.6. The second-order valence-corrected chi connectivity index (χ2v) is 8.10. The van der Waals surface area contributed by atoms with Gasteiger partial charge in [-0.2, -0.15) is 0 Å². The lowest BCUT2D eigenvalue weighted by Gasteiger charge is -2.35. The highest BCUT2D eigenvalue weighted by atomic mass is 32.2. The van der Waals surface area contributed by atoms with E-state index in [1.807, 2.05) is 34.9 Å². The van der Waals surface area contributed by atoms with E-state index in [4.69, 9.17) is 9.47 Å². The van der Waals surface area contributed by atoms with Crippen molar-refractivity contribution >= 4 is 29.0 Å². The molecule has 1 atom stereocenters.